The molecule has 0 spiro atoms. The van der Waals surface area contributed by atoms with E-state index in [1.165, 1.54) is 18.4 Å². The summed E-state index contributed by atoms with van der Waals surface area (Å²) in [5, 5.41) is 3.52. The zero-order valence-electron chi connectivity index (χ0n) is 15.1. The first kappa shape index (κ1) is 16.7. The summed E-state index contributed by atoms with van der Waals surface area (Å²) in [4.78, 5) is 2.56. The summed E-state index contributed by atoms with van der Waals surface area (Å²) in [6.07, 6.45) is 7.07. The molecule has 4 rings (SSSR count). The number of ether oxygens (including phenoxy) is 3. The molecule has 0 aliphatic carbocycles. The Morgan fingerprint density at radius 1 is 1.32 bits per heavy atom. The van der Waals surface area contributed by atoms with Crippen LogP contribution in [0.5, 0.6) is 17.2 Å². The fourth-order valence-electron chi connectivity index (χ4n) is 3.88. The van der Waals surface area contributed by atoms with E-state index in [1.54, 1.807) is 0 Å². The van der Waals surface area contributed by atoms with Crippen LogP contribution < -0.4 is 19.5 Å². The highest BCUT2D eigenvalue weighted by molar-refractivity contribution is 5.80. The summed E-state index contributed by atoms with van der Waals surface area (Å²) in [6, 6.07) is 4.62. The van der Waals surface area contributed by atoms with E-state index in [-0.39, 0.29) is 0 Å². The van der Waals surface area contributed by atoms with Crippen LogP contribution in [-0.2, 0) is 0 Å². The Labute approximate surface area is 149 Å². The van der Waals surface area contributed by atoms with E-state index in [0.717, 1.165) is 68.4 Å². The summed E-state index contributed by atoms with van der Waals surface area (Å²) in [6.45, 7) is 7.41. The van der Waals surface area contributed by atoms with E-state index in [9.17, 15) is 0 Å². The van der Waals surface area contributed by atoms with Gasteiger partial charge in [0.15, 0.2) is 11.5 Å². The van der Waals surface area contributed by atoms with Crippen LogP contribution in [0.1, 0.15) is 38.2 Å². The molecule has 1 N–H and O–H groups in total. The van der Waals surface area contributed by atoms with Crippen LogP contribution in [0.25, 0.3) is 5.57 Å². The lowest BCUT2D eigenvalue weighted by molar-refractivity contribution is 0.173. The molecule has 3 heterocycles. The zero-order valence-corrected chi connectivity index (χ0v) is 15.1. The van der Waals surface area contributed by atoms with Gasteiger partial charge in [-0.1, -0.05) is 19.4 Å². The van der Waals surface area contributed by atoms with E-state index in [0.29, 0.717) is 12.8 Å². The molecule has 5 nitrogen and oxygen atoms in total. The van der Waals surface area contributed by atoms with Gasteiger partial charge in [-0.2, -0.15) is 0 Å². The topological polar surface area (TPSA) is 43.0 Å². The summed E-state index contributed by atoms with van der Waals surface area (Å²) in [5.74, 6) is 2.60. The van der Waals surface area contributed by atoms with E-state index in [4.69, 9.17) is 14.2 Å². The van der Waals surface area contributed by atoms with Gasteiger partial charge >= 0.3 is 0 Å². The Hall–Kier alpha value is -1.72. The van der Waals surface area contributed by atoms with E-state index >= 15 is 0 Å². The predicted octanol–water partition coefficient (Wildman–Crippen LogP) is 3.05. The minimum absolute atomic E-state index is 0.296. The van der Waals surface area contributed by atoms with Gasteiger partial charge in [0.25, 0.3) is 0 Å². The van der Waals surface area contributed by atoms with Gasteiger partial charge in [0.05, 0.1) is 12.2 Å². The summed E-state index contributed by atoms with van der Waals surface area (Å²) < 4.78 is 17.5. The molecule has 1 aromatic carbocycles. The molecule has 1 unspecified atom stereocenters. The maximum atomic E-state index is 6.09. The lowest BCUT2D eigenvalue weighted by atomic mass is 10.0. The average Bonchev–Trinajstić information content (AvgIpc) is 3.32. The van der Waals surface area contributed by atoms with Gasteiger partial charge in [-0.3, -0.25) is 4.90 Å². The largest absolute Gasteiger partial charge is 0.493 e. The lowest BCUT2D eigenvalue weighted by Gasteiger charge is -2.31. The molecular formula is C20H28N2O3. The Bertz CT molecular complexity index is 638. The Kier molecular flexibility index (Phi) is 5.13. The Balaban J connectivity index is 1.55. The first-order valence-corrected chi connectivity index (χ1v) is 9.56. The molecule has 25 heavy (non-hydrogen) atoms. The van der Waals surface area contributed by atoms with Crippen LogP contribution in [0, 0.1) is 0 Å². The van der Waals surface area contributed by atoms with Gasteiger partial charge in [0.2, 0.25) is 6.79 Å². The molecule has 136 valence electrons. The van der Waals surface area contributed by atoms with Crippen molar-refractivity contribution in [3.8, 4) is 17.2 Å². The maximum absolute atomic E-state index is 6.09. The highest BCUT2D eigenvalue weighted by atomic mass is 16.7. The van der Waals surface area contributed by atoms with Crippen LogP contribution in [0.4, 0.5) is 0 Å². The monoisotopic (exact) mass is 344 g/mol. The molecule has 3 aliphatic heterocycles. The van der Waals surface area contributed by atoms with Crippen molar-refractivity contribution in [2.75, 3.05) is 39.6 Å². The normalized spacial score (nSPS) is 22.9. The number of hydrogen-bond donors (Lipinski definition) is 1. The number of rotatable bonds is 6. The van der Waals surface area contributed by atoms with E-state index < -0.39 is 0 Å². The van der Waals surface area contributed by atoms with Gasteiger partial charge in [0.1, 0.15) is 5.75 Å². The van der Waals surface area contributed by atoms with Crippen molar-refractivity contribution in [3.63, 3.8) is 0 Å². The van der Waals surface area contributed by atoms with Gasteiger partial charge < -0.3 is 19.5 Å². The van der Waals surface area contributed by atoms with E-state index in [2.05, 4.69) is 23.2 Å². The van der Waals surface area contributed by atoms with Crippen molar-refractivity contribution in [2.45, 2.75) is 38.6 Å². The summed E-state index contributed by atoms with van der Waals surface area (Å²) in [7, 11) is 0. The molecule has 3 aliphatic rings. The highest BCUT2D eigenvalue weighted by Crippen LogP contribution is 2.45. The zero-order chi connectivity index (χ0) is 17.1. The minimum atomic E-state index is 0.296. The molecule has 1 atom stereocenters. The van der Waals surface area contributed by atoms with Crippen molar-refractivity contribution in [1.82, 2.24) is 10.2 Å². The Morgan fingerprint density at radius 2 is 2.28 bits per heavy atom. The number of piperidine rings is 1. The van der Waals surface area contributed by atoms with Crippen molar-refractivity contribution >= 4 is 5.57 Å². The van der Waals surface area contributed by atoms with Crippen molar-refractivity contribution in [1.29, 1.82) is 0 Å². The number of hydrogen-bond acceptors (Lipinski definition) is 5. The third-order valence-electron chi connectivity index (χ3n) is 5.31. The number of fused-ring (bicyclic) bond motifs is 1. The SMILES string of the molecule is CCCCOc1ccc2c(c1C1=CCN(C3CCCNC3)C1)OCO2. The second kappa shape index (κ2) is 7.67. The number of unbranched alkanes of at least 4 members (excludes halogenated alkanes) is 1. The second-order valence-electron chi connectivity index (χ2n) is 7.03. The van der Waals surface area contributed by atoms with Crippen LogP contribution in [0.15, 0.2) is 18.2 Å². The van der Waals surface area contributed by atoms with Crippen molar-refractivity contribution < 1.29 is 14.2 Å². The number of benzene rings is 1. The fourth-order valence-corrected chi connectivity index (χ4v) is 3.88. The molecule has 1 fully saturated rings. The molecular weight excluding hydrogens is 316 g/mol. The molecule has 0 amide bonds. The first-order valence-electron chi connectivity index (χ1n) is 9.56. The quantitative estimate of drug-likeness (QED) is 0.804. The molecule has 1 saturated heterocycles. The van der Waals surface area contributed by atoms with Crippen LogP contribution in [-0.4, -0.2) is 50.5 Å². The predicted molar refractivity (Wildman–Crippen MR) is 98.4 cm³/mol. The molecule has 5 heteroatoms. The van der Waals surface area contributed by atoms with E-state index in [1.807, 2.05) is 12.1 Å². The fraction of sp³-hybridized carbons (Fsp3) is 0.600. The molecule has 0 saturated carbocycles. The lowest BCUT2D eigenvalue weighted by Crippen LogP contribution is -2.45. The van der Waals surface area contributed by atoms with Gasteiger partial charge in [-0.05, 0) is 43.5 Å². The standard InChI is InChI=1S/C20H28N2O3/c1-2-3-11-23-17-6-7-18-20(25-14-24-18)19(17)15-8-10-22(13-15)16-5-4-9-21-12-16/h6-8,16,21H,2-5,9-14H2,1H3. The highest BCUT2D eigenvalue weighted by Gasteiger charge is 2.30. The smallest absolute Gasteiger partial charge is 0.231 e. The Morgan fingerprint density at radius 3 is 3.12 bits per heavy atom. The summed E-state index contributed by atoms with van der Waals surface area (Å²) in [5.41, 5.74) is 2.40. The molecule has 1 aromatic rings. The summed E-state index contributed by atoms with van der Waals surface area (Å²) >= 11 is 0. The molecule has 0 aromatic heterocycles. The van der Waals surface area contributed by atoms with Crippen molar-refractivity contribution in [3.05, 3.63) is 23.8 Å². The third-order valence-corrected chi connectivity index (χ3v) is 5.31. The number of nitrogens with one attached hydrogen (secondary N) is 1. The van der Waals surface area contributed by atoms with Crippen LogP contribution in [0.2, 0.25) is 0 Å². The van der Waals surface area contributed by atoms with Crippen LogP contribution >= 0.6 is 0 Å². The maximum Gasteiger partial charge on any atom is 0.231 e. The van der Waals surface area contributed by atoms with Gasteiger partial charge in [0, 0.05) is 25.7 Å². The third kappa shape index (κ3) is 3.48. The van der Waals surface area contributed by atoms with Crippen LogP contribution in [0.3, 0.4) is 0 Å². The average molecular weight is 344 g/mol. The molecule has 0 bridgehead atoms. The van der Waals surface area contributed by atoms with Crippen molar-refractivity contribution in [2.24, 2.45) is 0 Å². The number of nitrogens with zero attached hydrogens (tertiary/aromatic N) is 1. The second-order valence-corrected chi connectivity index (χ2v) is 7.03. The van der Waals surface area contributed by atoms with Gasteiger partial charge in [-0.25, -0.2) is 0 Å². The van der Waals surface area contributed by atoms with Gasteiger partial charge in [-0.15, -0.1) is 0 Å². The first-order chi connectivity index (χ1) is 12.4. The molecule has 0 radical (unpaired) electrons. The minimum Gasteiger partial charge on any atom is -0.493 e.